The fourth-order valence-corrected chi connectivity index (χ4v) is 1.41. The highest BCUT2D eigenvalue weighted by Crippen LogP contribution is 2.36. The summed E-state index contributed by atoms with van der Waals surface area (Å²) in [5.41, 5.74) is -0.329. The Hall–Kier alpha value is -2.31. The summed E-state index contributed by atoms with van der Waals surface area (Å²) in [5, 5.41) is 0. The molecule has 0 fully saturated rings. The first-order valence-electron chi connectivity index (χ1n) is 5.18. The number of ether oxygens (including phenoxy) is 1. The fraction of sp³-hybridized carbons (Fsp3) is 0.167. The zero-order valence-corrected chi connectivity index (χ0v) is 9.42. The smallest absolute Gasteiger partial charge is 0.429 e. The molecule has 0 aliphatic heterocycles. The Labute approximate surface area is 105 Å². The molecule has 0 bridgehead atoms. The molecule has 0 aliphatic rings. The first kappa shape index (κ1) is 13.1. The number of alkyl halides is 3. The zero-order chi connectivity index (χ0) is 13.9. The molecule has 0 radical (unpaired) electrons. The molecule has 0 aromatic carbocycles. The van der Waals surface area contributed by atoms with Gasteiger partial charge in [0.05, 0.1) is 11.8 Å². The number of esters is 1. The number of aromatic nitrogens is 1. The average molecular weight is 271 g/mol. The van der Waals surface area contributed by atoms with Crippen LogP contribution >= 0.6 is 0 Å². The number of furan rings is 1. The molecule has 2 aromatic heterocycles. The summed E-state index contributed by atoms with van der Waals surface area (Å²) in [7, 11) is 0. The van der Waals surface area contributed by atoms with Crippen LogP contribution in [0.2, 0.25) is 0 Å². The van der Waals surface area contributed by atoms with Crippen LogP contribution < -0.4 is 0 Å². The van der Waals surface area contributed by atoms with Gasteiger partial charge in [0.1, 0.15) is 6.26 Å². The molecular formula is C12H8F3NO3. The maximum Gasteiger partial charge on any atom is 0.429 e. The predicted octanol–water partition coefficient (Wildman–Crippen LogP) is 3.14. The summed E-state index contributed by atoms with van der Waals surface area (Å²) in [6, 6.07) is 3.74. The molecule has 0 aliphatic carbocycles. The van der Waals surface area contributed by atoms with Crippen LogP contribution in [0.5, 0.6) is 0 Å². The van der Waals surface area contributed by atoms with E-state index in [1.54, 1.807) is 0 Å². The molecule has 0 amide bonds. The van der Waals surface area contributed by atoms with Crippen LogP contribution in [-0.4, -0.2) is 17.1 Å². The van der Waals surface area contributed by atoms with E-state index in [4.69, 9.17) is 0 Å². The van der Waals surface area contributed by atoms with Crippen molar-refractivity contribution >= 4 is 5.97 Å². The third-order valence-corrected chi connectivity index (χ3v) is 2.27. The lowest BCUT2D eigenvalue weighted by atomic mass is 10.1. The van der Waals surface area contributed by atoms with Gasteiger partial charge < -0.3 is 9.15 Å². The van der Waals surface area contributed by atoms with E-state index >= 15 is 0 Å². The van der Waals surface area contributed by atoms with Crippen molar-refractivity contribution in [3.8, 4) is 0 Å². The van der Waals surface area contributed by atoms with Crippen LogP contribution in [-0.2, 0) is 4.74 Å². The Morgan fingerprint density at radius 2 is 2.16 bits per heavy atom. The summed E-state index contributed by atoms with van der Waals surface area (Å²) in [5.74, 6) is -1.11. The number of halogens is 3. The van der Waals surface area contributed by atoms with Gasteiger partial charge in [-0.3, -0.25) is 4.98 Å². The fourth-order valence-electron chi connectivity index (χ4n) is 1.41. The average Bonchev–Trinajstić information content (AvgIpc) is 2.89. The van der Waals surface area contributed by atoms with Gasteiger partial charge in [0.15, 0.2) is 0 Å². The van der Waals surface area contributed by atoms with Gasteiger partial charge in [-0.05, 0) is 12.1 Å². The molecule has 0 saturated carbocycles. The summed E-state index contributed by atoms with van der Waals surface area (Å²) >= 11 is 0. The Balaban J connectivity index is 2.23. The van der Waals surface area contributed by atoms with Crippen LogP contribution in [0.1, 0.15) is 22.0 Å². The number of nitrogens with zero attached hydrogens (tertiary/aromatic N) is 1. The van der Waals surface area contributed by atoms with Crippen molar-refractivity contribution < 1.29 is 27.1 Å². The molecule has 0 unspecified atom stereocenters. The van der Waals surface area contributed by atoms with E-state index in [2.05, 4.69) is 14.1 Å². The molecule has 2 aromatic rings. The Morgan fingerprint density at radius 1 is 1.37 bits per heavy atom. The lowest BCUT2D eigenvalue weighted by molar-refractivity contribution is -0.207. The lowest BCUT2D eigenvalue weighted by Gasteiger charge is -2.20. The Kier molecular flexibility index (Phi) is 3.55. The highest BCUT2D eigenvalue weighted by Gasteiger charge is 2.44. The molecule has 1 atom stereocenters. The minimum atomic E-state index is -4.72. The van der Waals surface area contributed by atoms with Crippen molar-refractivity contribution in [3.63, 3.8) is 0 Å². The largest absolute Gasteiger partial charge is 0.472 e. The number of carbonyl (C=O) groups excluding carboxylic acids is 1. The lowest BCUT2D eigenvalue weighted by Crippen LogP contribution is -2.26. The van der Waals surface area contributed by atoms with Crippen LogP contribution in [0, 0.1) is 0 Å². The second-order valence-electron chi connectivity index (χ2n) is 3.63. The second-order valence-corrected chi connectivity index (χ2v) is 3.63. The van der Waals surface area contributed by atoms with E-state index in [1.807, 2.05) is 0 Å². The summed E-state index contributed by atoms with van der Waals surface area (Å²) in [6.07, 6.45) is -2.57. The summed E-state index contributed by atoms with van der Waals surface area (Å²) < 4.78 is 47.7. The third kappa shape index (κ3) is 3.12. The number of pyridine rings is 1. The SMILES string of the molecule is O=C(O[C@@H](c1cccnc1)C(F)(F)F)c1ccoc1. The van der Waals surface area contributed by atoms with Crippen molar-refractivity contribution in [2.24, 2.45) is 0 Å². The van der Waals surface area contributed by atoms with E-state index in [1.165, 1.54) is 30.7 Å². The third-order valence-electron chi connectivity index (χ3n) is 2.27. The zero-order valence-electron chi connectivity index (χ0n) is 9.42. The normalized spacial score (nSPS) is 13.0. The quantitative estimate of drug-likeness (QED) is 0.805. The van der Waals surface area contributed by atoms with Gasteiger partial charge in [-0.2, -0.15) is 13.2 Å². The minimum Gasteiger partial charge on any atom is -0.472 e. The molecule has 4 nitrogen and oxygen atoms in total. The van der Waals surface area contributed by atoms with Gasteiger partial charge >= 0.3 is 12.1 Å². The predicted molar refractivity (Wildman–Crippen MR) is 57.2 cm³/mol. The number of rotatable bonds is 3. The monoisotopic (exact) mass is 271 g/mol. The second kappa shape index (κ2) is 5.13. The van der Waals surface area contributed by atoms with Crippen molar-refractivity contribution in [1.82, 2.24) is 4.98 Å². The topological polar surface area (TPSA) is 52.3 Å². The van der Waals surface area contributed by atoms with E-state index in [-0.39, 0.29) is 11.1 Å². The standard InChI is InChI=1S/C12H8F3NO3/c13-12(14,15)10(8-2-1-4-16-6-8)19-11(17)9-3-5-18-7-9/h1-7,10H/t10-/m0/s1. The van der Waals surface area contributed by atoms with Gasteiger partial charge in [0.2, 0.25) is 6.10 Å². The number of hydrogen-bond acceptors (Lipinski definition) is 4. The van der Waals surface area contributed by atoms with Gasteiger partial charge in [0, 0.05) is 18.0 Å². The number of hydrogen-bond donors (Lipinski definition) is 0. The molecule has 19 heavy (non-hydrogen) atoms. The van der Waals surface area contributed by atoms with Crippen molar-refractivity contribution in [2.45, 2.75) is 12.3 Å². The molecule has 2 rings (SSSR count). The Morgan fingerprint density at radius 3 is 2.68 bits per heavy atom. The van der Waals surface area contributed by atoms with Gasteiger partial charge in [-0.25, -0.2) is 4.79 Å². The van der Waals surface area contributed by atoms with E-state index < -0.39 is 18.2 Å². The first-order valence-corrected chi connectivity index (χ1v) is 5.18. The van der Waals surface area contributed by atoms with Crippen molar-refractivity contribution in [3.05, 3.63) is 54.2 Å². The van der Waals surface area contributed by atoms with Crippen LogP contribution in [0.3, 0.4) is 0 Å². The highest BCUT2D eigenvalue weighted by atomic mass is 19.4. The maximum absolute atomic E-state index is 12.9. The summed E-state index contributed by atoms with van der Waals surface area (Å²) in [4.78, 5) is 15.1. The summed E-state index contributed by atoms with van der Waals surface area (Å²) in [6.45, 7) is 0. The van der Waals surface area contributed by atoms with Crippen molar-refractivity contribution in [1.29, 1.82) is 0 Å². The first-order chi connectivity index (χ1) is 8.98. The maximum atomic E-state index is 12.9. The van der Waals surface area contributed by atoms with Crippen LogP contribution in [0.4, 0.5) is 13.2 Å². The van der Waals surface area contributed by atoms with E-state index in [0.717, 1.165) is 12.5 Å². The molecule has 100 valence electrons. The molecule has 0 spiro atoms. The van der Waals surface area contributed by atoms with Crippen molar-refractivity contribution in [2.75, 3.05) is 0 Å². The molecule has 2 heterocycles. The molecular weight excluding hydrogens is 263 g/mol. The van der Waals surface area contributed by atoms with E-state index in [0.29, 0.717) is 0 Å². The molecule has 0 saturated heterocycles. The molecule has 7 heteroatoms. The van der Waals surface area contributed by atoms with Gasteiger partial charge in [-0.15, -0.1) is 0 Å². The van der Waals surface area contributed by atoms with Gasteiger partial charge in [0.25, 0.3) is 0 Å². The van der Waals surface area contributed by atoms with E-state index in [9.17, 15) is 18.0 Å². The van der Waals surface area contributed by atoms with Crippen LogP contribution in [0.15, 0.2) is 47.5 Å². The highest BCUT2D eigenvalue weighted by molar-refractivity contribution is 5.89. The molecule has 0 N–H and O–H groups in total. The number of carbonyl (C=O) groups is 1. The van der Waals surface area contributed by atoms with Gasteiger partial charge in [-0.1, -0.05) is 6.07 Å². The van der Waals surface area contributed by atoms with Crippen LogP contribution in [0.25, 0.3) is 0 Å². The Bertz CT molecular complexity index is 537. The minimum absolute atomic E-state index is 0.0851.